The summed E-state index contributed by atoms with van der Waals surface area (Å²) in [7, 11) is 1.62. The van der Waals surface area contributed by atoms with E-state index in [1.807, 2.05) is 62.4 Å². The van der Waals surface area contributed by atoms with Crippen molar-refractivity contribution in [3.63, 3.8) is 0 Å². The second-order valence-electron chi connectivity index (χ2n) is 5.91. The van der Waals surface area contributed by atoms with E-state index in [-0.39, 0.29) is 5.91 Å². The van der Waals surface area contributed by atoms with Gasteiger partial charge < -0.3 is 10.1 Å². The molecule has 0 atom stereocenters. The minimum atomic E-state index is -0.208. The number of carbonyl (C=O) groups is 1. The van der Waals surface area contributed by atoms with Crippen LogP contribution in [0, 0.1) is 13.8 Å². The Bertz CT molecular complexity index is 882. The van der Waals surface area contributed by atoms with Crippen molar-refractivity contribution in [2.24, 2.45) is 0 Å². The molecule has 0 unspecified atom stereocenters. The van der Waals surface area contributed by atoms with E-state index in [1.54, 1.807) is 17.9 Å². The summed E-state index contributed by atoms with van der Waals surface area (Å²) in [4.78, 5) is 12.4. The summed E-state index contributed by atoms with van der Waals surface area (Å²) in [6.45, 7) is 4.36. The fraction of sp³-hybridized carbons (Fsp3) is 0.200. The molecular formula is C20H21N3O2. The Morgan fingerprint density at radius 3 is 2.56 bits per heavy atom. The molecule has 1 aromatic heterocycles. The number of hydrogen-bond donors (Lipinski definition) is 1. The Hall–Kier alpha value is -3.08. The molecule has 0 aliphatic rings. The molecule has 0 spiro atoms. The van der Waals surface area contributed by atoms with Crippen LogP contribution in [0.1, 0.15) is 27.3 Å². The highest BCUT2D eigenvalue weighted by Crippen LogP contribution is 2.17. The average Bonchev–Trinajstić information content (AvgIpc) is 3.02. The first-order chi connectivity index (χ1) is 12.1. The number of amides is 1. The summed E-state index contributed by atoms with van der Waals surface area (Å²) in [5.41, 5.74) is 4.35. The zero-order valence-corrected chi connectivity index (χ0v) is 14.6. The number of rotatable bonds is 5. The Labute approximate surface area is 147 Å². The molecule has 5 nitrogen and oxygen atoms in total. The maximum absolute atomic E-state index is 12.4. The van der Waals surface area contributed by atoms with Gasteiger partial charge in [0.2, 0.25) is 0 Å². The van der Waals surface area contributed by atoms with E-state index in [2.05, 4.69) is 10.4 Å². The van der Waals surface area contributed by atoms with E-state index in [1.165, 1.54) is 5.56 Å². The van der Waals surface area contributed by atoms with E-state index in [4.69, 9.17) is 4.74 Å². The molecule has 1 amide bonds. The topological polar surface area (TPSA) is 56.1 Å². The van der Waals surface area contributed by atoms with E-state index in [0.717, 1.165) is 22.7 Å². The minimum Gasteiger partial charge on any atom is -0.496 e. The fourth-order valence-electron chi connectivity index (χ4n) is 2.65. The number of nitrogens with zero attached hydrogens (tertiary/aromatic N) is 2. The second kappa shape index (κ2) is 7.21. The van der Waals surface area contributed by atoms with Gasteiger partial charge in [-0.25, -0.2) is 4.68 Å². The van der Waals surface area contributed by atoms with Crippen molar-refractivity contribution in [2.75, 3.05) is 7.11 Å². The molecule has 3 rings (SSSR count). The van der Waals surface area contributed by atoms with Gasteiger partial charge in [0.05, 0.1) is 12.8 Å². The van der Waals surface area contributed by atoms with Gasteiger partial charge in [-0.15, -0.1) is 0 Å². The van der Waals surface area contributed by atoms with Crippen LogP contribution in [0.4, 0.5) is 0 Å². The Kier molecular flexibility index (Phi) is 4.84. The van der Waals surface area contributed by atoms with Gasteiger partial charge in [-0.3, -0.25) is 4.79 Å². The molecule has 5 heteroatoms. The molecule has 0 fully saturated rings. The van der Waals surface area contributed by atoms with Gasteiger partial charge in [0.15, 0.2) is 5.69 Å². The van der Waals surface area contributed by atoms with Gasteiger partial charge in [-0.05, 0) is 38.1 Å². The van der Waals surface area contributed by atoms with Gasteiger partial charge in [-0.2, -0.15) is 5.10 Å². The van der Waals surface area contributed by atoms with E-state index in [9.17, 15) is 4.79 Å². The lowest BCUT2D eigenvalue weighted by Gasteiger charge is -2.08. The summed E-state index contributed by atoms with van der Waals surface area (Å²) in [5, 5.41) is 7.33. The lowest BCUT2D eigenvalue weighted by molar-refractivity contribution is 0.0945. The second-order valence-corrected chi connectivity index (χ2v) is 5.91. The number of aryl methyl sites for hydroxylation is 2. The smallest absolute Gasteiger partial charge is 0.272 e. The number of benzene rings is 2. The van der Waals surface area contributed by atoms with Crippen LogP contribution in [0.2, 0.25) is 0 Å². The van der Waals surface area contributed by atoms with Gasteiger partial charge in [-0.1, -0.05) is 35.9 Å². The molecule has 0 saturated heterocycles. The molecule has 0 bridgehead atoms. The quantitative estimate of drug-likeness (QED) is 0.777. The summed E-state index contributed by atoms with van der Waals surface area (Å²) >= 11 is 0. The third-order valence-electron chi connectivity index (χ3n) is 4.03. The van der Waals surface area contributed by atoms with Crippen molar-refractivity contribution in [1.29, 1.82) is 0 Å². The van der Waals surface area contributed by atoms with Crippen molar-refractivity contribution in [2.45, 2.75) is 20.4 Å². The van der Waals surface area contributed by atoms with Crippen LogP contribution >= 0.6 is 0 Å². The van der Waals surface area contributed by atoms with Crippen molar-refractivity contribution in [3.8, 4) is 11.4 Å². The Morgan fingerprint density at radius 1 is 1.12 bits per heavy atom. The van der Waals surface area contributed by atoms with Crippen LogP contribution in [0.15, 0.2) is 54.6 Å². The molecule has 25 heavy (non-hydrogen) atoms. The van der Waals surface area contributed by atoms with Gasteiger partial charge >= 0.3 is 0 Å². The molecular weight excluding hydrogens is 314 g/mol. The Balaban J connectivity index is 1.75. The maximum atomic E-state index is 12.4. The zero-order chi connectivity index (χ0) is 17.8. The van der Waals surface area contributed by atoms with Gasteiger partial charge in [0.1, 0.15) is 5.75 Å². The molecule has 0 radical (unpaired) electrons. The molecule has 1 heterocycles. The fourth-order valence-corrected chi connectivity index (χ4v) is 2.65. The SMILES string of the molecule is COc1ccccc1CNC(=O)c1cc(C)n(-c2ccc(C)cc2)n1. The number of hydrogen-bond acceptors (Lipinski definition) is 3. The maximum Gasteiger partial charge on any atom is 0.272 e. The van der Waals surface area contributed by atoms with E-state index >= 15 is 0 Å². The molecule has 3 aromatic rings. The number of ether oxygens (including phenoxy) is 1. The monoisotopic (exact) mass is 335 g/mol. The third kappa shape index (κ3) is 3.71. The van der Waals surface area contributed by atoms with E-state index < -0.39 is 0 Å². The largest absolute Gasteiger partial charge is 0.496 e. The van der Waals surface area contributed by atoms with Crippen LogP contribution in [0.5, 0.6) is 5.75 Å². The molecule has 0 aliphatic heterocycles. The minimum absolute atomic E-state index is 0.208. The van der Waals surface area contributed by atoms with Crippen LogP contribution < -0.4 is 10.1 Å². The summed E-state index contributed by atoms with van der Waals surface area (Å²) < 4.78 is 7.08. The van der Waals surface area contributed by atoms with Crippen LogP contribution in [0.3, 0.4) is 0 Å². The predicted molar refractivity (Wildman–Crippen MR) is 97.2 cm³/mol. The van der Waals surface area contributed by atoms with Crippen molar-refractivity contribution in [1.82, 2.24) is 15.1 Å². The Morgan fingerprint density at radius 2 is 1.84 bits per heavy atom. The first-order valence-corrected chi connectivity index (χ1v) is 8.12. The average molecular weight is 335 g/mol. The molecule has 0 saturated carbocycles. The summed E-state index contributed by atoms with van der Waals surface area (Å²) in [6.07, 6.45) is 0. The van der Waals surface area contributed by atoms with E-state index in [0.29, 0.717) is 12.2 Å². The van der Waals surface area contributed by atoms with Crippen LogP contribution in [-0.2, 0) is 6.54 Å². The van der Waals surface area contributed by atoms with Crippen LogP contribution in [0.25, 0.3) is 5.69 Å². The zero-order valence-electron chi connectivity index (χ0n) is 14.6. The number of nitrogens with one attached hydrogen (secondary N) is 1. The van der Waals surface area contributed by atoms with Crippen molar-refractivity contribution in [3.05, 3.63) is 77.1 Å². The molecule has 128 valence electrons. The van der Waals surface area contributed by atoms with Crippen molar-refractivity contribution >= 4 is 5.91 Å². The molecule has 0 aliphatic carbocycles. The van der Waals surface area contributed by atoms with Gasteiger partial charge in [0, 0.05) is 17.8 Å². The molecule has 1 N–H and O–H groups in total. The van der Waals surface area contributed by atoms with Gasteiger partial charge in [0.25, 0.3) is 5.91 Å². The lowest BCUT2D eigenvalue weighted by atomic mass is 10.2. The van der Waals surface area contributed by atoms with Crippen molar-refractivity contribution < 1.29 is 9.53 Å². The highest BCUT2D eigenvalue weighted by Gasteiger charge is 2.13. The standard InChI is InChI=1S/C20H21N3O2/c1-14-8-10-17(11-9-14)23-15(2)12-18(22-23)20(24)21-13-16-6-4-5-7-19(16)25-3/h4-12H,13H2,1-3H3,(H,21,24). The first kappa shape index (κ1) is 16.8. The molecule has 2 aromatic carbocycles. The number of methoxy groups -OCH3 is 1. The summed E-state index contributed by atoms with van der Waals surface area (Å²) in [5.74, 6) is 0.545. The first-order valence-electron chi connectivity index (χ1n) is 8.12. The normalized spacial score (nSPS) is 10.5. The summed E-state index contributed by atoms with van der Waals surface area (Å²) in [6, 6.07) is 17.4. The highest BCUT2D eigenvalue weighted by atomic mass is 16.5. The third-order valence-corrected chi connectivity index (χ3v) is 4.03. The highest BCUT2D eigenvalue weighted by molar-refractivity contribution is 5.92. The van der Waals surface area contributed by atoms with Crippen LogP contribution in [-0.4, -0.2) is 22.8 Å². The lowest BCUT2D eigenvalue weighted by Crippen LogP contribution is -2.23. The number of para-hydroxylation sites is 1. The number of carbonyl (C=O) groups excluding carboxylic acids is 1. The number of aromatic nitrogens is 2. The predicted octanol–water partition coefficient (Wildman–Crippen LogP) is 3.43.